The summed E-state index contributed by atoms with van der Waals surface area (Å²) < 4.78 is 0. The normalized spacial score (nSPS) is 11.6. The van der Waals surface area contributed by atoms with E-state index in [4.69, 9.17) is 11.0 Å². The Labute approximate surface area is 101 Å². The molecular formula is C13H17N3O. The highest BCUT2D eigenvalue weighted by molar-refractivity contribution is 5.79. The number of benzene rings is 1. The van der Waals surface area contributed by atoms with Gasteiger partial charge >= 0.3 is 0 Å². The quantitative estimate of drug-likeness (QED) is 0.796. The van der Waals surface area contributed by atoms with Crippen molar-refractivity contribution in [3.63, 3.8) is 0 Å². The van der Waals surface area contributed by atoms with Crippen molar-refractivity contribution < 1.29 is 4.79 Å². The van der Waals surface area contributed by atoms with Gasteiger partial charge in [-0.05, 0) is 18.1 Å². The second-order valence-corrected chi connectivity index (χ2v) is 3.98. The van der Waals surface area contributed by atoms with Gasteiger partial charge in [0.1, 0.15) is 0 Å². The minimum Gasteiger partial charge on any atom is -0.352 e. The summed E-state index contributed by atoms with van der Waals surface area (Å²) in [6.07, 6.45) is 0.632. The Bertz CT molecular complexity index is 423. The van der Waals surface area contributed by atoms with Gasteiger partial charge < -0.3 is 11.1 Å². The van der Waals surface area contributed by atoms with Crippen molar-refractivity contribution in [1.29, 1.82) is 5.26 Å². The summed E-state index contributed by atoms with van der Waals surface area (Å²) in [7, 11) is 0. The van der Waals surface area contributed by atoms with E-state index in [0.29, 0.717) is 19.4 Å². The van der Waals surface area contributed by atoms with Crippen LogP contribution in [-0.2, 0) is 17.8 Å². The molecule has 0 heterocycles. The van der Waals surface area contributed by atoms with Gasteiger partial charge in [-0.1, -0.05) is 24.3 Å². The van der Waals surface area contributed by atoms with E-state index in [2.05, 4.69) is 5.32 Å². The van der Waals surface area contributed by atoms with Crippen LogP contribution >= 0.6 is 0 Å². The third-order valence-corrected chi connectivity index (χ3v) is 2.49. The predicted molar refractivity (Wildman–Crippen MR) is 65.9 cm³/mol. The van der Waals surface area contributed by atoms with Crippen molar-refractivity contribution in [2.45, 2.75) is 32.4 Å². The smallest absolute Gasteiger partial charge is 0.224 e. The van der Waals surface area contributed by atoms with E-state index < -0.39 is 0 Å². The third kappa shape index (κ3) is 4.25. The first-order valence-electron chi connectivity index (χ1n) is 5.60. The highest BCUT2D eigenvalue weighted by Crippen LogP contribution is 2.08. The van der Waals surface area contributed by atoms with Crippen molar-refractivity contribution in [3.8, 4) is 6.07 Å². The average Bonchev–Trinajstić information content (AvgIpc) is 2.29. The number of nitrogens with one attached hydrogen (secondary N) is 1. The van der Waals surface area contributed by atoms with Gasteiger partial charge in [0.05, 0.1) is 18.9 Å². The molecule has 0 bridgehead atoms. The molecule has 0 radical (unpaired) electrons. The van der Waals surface area contributed by atoms with Crippen molar-refractivity contribution in [1.82, 2.24) is 5.32 Å². The highest BCUT2D eigenvalue weighted by atomic mass is 16.1. The van der Waals surface area contributed by atoms with Crippen molar-refractivity contribution in [2.24, 2.45) is 5.73 Å². The molecule has 0 aromatic heterocycles. The van der Waals surface area contributed by atoms with Crippen LogP contribution in [-0.4, -0.2) is 11.9 Å². The fraction of sp³-hybridized carbons (Fsp3) is 0.385. The Morgan fingerprint density at radius 1 is 1.47 bits per heavy atom. The van der Waals surface area contributed by atoms with Crippen LogP contribution in [0.1, 0.15) is 24.5 Å². The Kier molecular flexibility index (Phi) is 5.18. The first-order valence-corrected chi connectivity index (χ1v) is 5.60. The second-order valence-electron chi connectivity index (χ2n) is 3.98. The largest absolute Gasteiger partial charge is 0.352 e. The van der Waals surface area contributed by atoms with E-state index in [1.54, 1.807) is 0 Å². The average molecular weight is 231 g/mol. The van der Waals surface area contributed by atoms with E-state index in [0.717, 1.165) is 11.1 Å². The molecule has 4 nitrogen and oxygen atoms in total. The van der Waals surface area contributed by atoms with Gasteiger partial charge in [0.25, 0.3) is 0 Å². The summed E-state index contributed by atoms with van der Waals surface area (Å²) >= 11 is 0. The number of carbonyl (C=O) groups is 1. The Morgan fingerprint density at radius 3 is 2.71 bits per heavy atom. The van der Waals surface area contributed by atoms with Crippen molar-refractivity contribution in [3.05, 3.63) is 35.4 Å². The maximum atomic E-state index is 11.7. The molecule has 90 valence electrons. The summed E-state index contributed by atoms with van der Waals surface area (Å²) in [6, 6.07) is 9.52. The van der Waals surface area contributed by atoms with Crippen LogP contribution in [0.5, 0.6) is 0 Å². The first kappa shape index (κ1) is 13.2. The summed E-state index contributed by atoms with van der Waals surface area (Å²) in [5.41, 5.74) is 7.52. The molecule has 4 heteroatoms. The van der Waals surface area contributed by atoms with E-state index in [1.165, 1.54) is 0 Å². The molecule has 0 saturated heterocycles. The number of hydrogen-bond donors (Lipinski definition) is 2. The van der Waals surface area contributed by atoms with Crippen molar-refractivity contribution >= 4 is 5.91 Å². The lowest BCUT2D eigenvalue weighted by Crippen LogP contribution is -2.33. The number of hydrogen-bond acceptors (Lipinski definition) is 3. The summed E-state index contributed by atoms with van der Waals surface area (Å²) in [5.74, 6) is -0.0753. The monoisotopic (exact) mass is 231 g/mol. The lowest BCUT2D eigenvalue weighted by Gasteiger charge is -2.11. The zero-order chi connectivity index (χ0) is 12.7. The molecule has 1 aromatic carbocycles. The summed E-state index contributed by atoms with van der Waals surface area (Å²) in [6.45, 7) is 2.24. The molecule has 0 aliphatic carbocycles. The molecule has 1 atom stereocenters. The van der Waals surface area contributed by atoms with Gasteiger partial charge in [0.15, 0.2) is 0 Å². The fourth-order valence-corrected chi connectivity index (χ4v) is 1.62. The van der Waals surface area contributed by atoms with E-state index in [1.807, 2.05) is 37.3 Å². The zero-order valence-electron chi connectivity index (χ0n) is 9.94. The standard InChI is InChI=1S/C13H17N3O/c1-10(6-7-14)16-13(17)8-11-4-2-3-5-12(11)9-15/h2-5,10H,6,8-9,15H2,1H3,(H,16,17). The van der Waals surface area contributed by atoms with Crippen molar-refractivity contribution in [2.75, 3.05) is 0 Å². The van der Waals surface area contributed by atoms with Crippen LogP contribution in [0.15, 0.2) is 24.3 Å². The van der Waals surface area contributed by atoms with Gasteiger partial charge in [-0.15, -0.1) is 0 Å². The van der Waals surface area contributed by atoms with Gasteiger partial charge in [0.2, 0.25) is 5.91 Å². The molecule has 0 spiro atoms. The number of nitriles is 1. The van der Waals surface area contributed by atoms with Crippen LogP contribution in [0, 0.1) is 11.3 Å². The van der Waals surface area contributed by atoms with Gasteiger partial charge in [0, 0.05) is 12.6 Å². The Morgan fingerprint density at radius 2 is 2.12 bits per heavy atom. The second kappa shape index (κ2) is 6.66. The summed E-state index contributed by atoms with van der Waals surface area (Å²) in [5, 5.41) is 11.3. The maximum absolute atomic E-state index is 11.7. The SMILES string of the molecule is CC(CC#N)NC(=O)Cc1ccccc1CN. The Hall–Kier alpha value is -1.86. The molecule has 0 saturated carbocycles. The van der Waals surface area contributed by atoms with E-state index >= 15 is 0 Å². The molecule has 3 N–H and O–H groups in total. The van der Waals surface area contributed by atoms with Gasteiger partial charge in [-0.2, -0.15) is 5.26 Å². The lowest BCUT2D eigenvalue weighted by atomic mass is 10.0. The van der Waals surface area contributed by atoms with Crippen LogP contribution < -0.4 is 11.1 Å². The molecule has 0 aliphatic rings. The van der Waals surface area contributed by atoms with Crippen LogP contribution in [0.25, 0.3) is 0 Å². The molecule has 1 rings (SSSR count). The van der Waals surface area contributed by atoms with Gasteiger partial charge in [-0.3, -0.25) is 4.79 Å². The molecular weight excluding hydrogens is 214 g/mol. The minimum absolute atomic E-state index is 0.0753. The molecule has 0 aliphatic heterocycles. The molecule has 1 unspecified atom stereocenters. The number of nitrogens with zero attached hydrogens (tertiary/aromatic N) is 1. The summed E-state index contributed by atoms with van der Waals surface area (Å²) in [4.78, 5) is 11.7. The van der Waals surface area contributed by atoms with Crippen LogP contribution in [0.3, 0.4) is 0 Å². The predicted octanol–water partition coefficient (Wildman–Crippen LogP) is 1.11. The number of nitrogens with two attached hydrogens (primary N) is 1. The van der Waals surface area contributed by atoms with E-state index in [9.17, 15) is 4.79 Å². The number of rotatable bonds is 5. The maximum Gasteiger partial charge on any atom is 0.224 e. The van der Waals surface area contributed by atoms with E-state index in [-0.39, 0.29) is 11.9 Å². The third-order valence-electron chi connectivity index (χ3n) is 2.49. The molecule has 1 aromatic rings. The molecule has 1 amide bonds. The number of amides is 1. The highest BCUT2D eigenvalue weighted by Gasteiger charge is 2.09. The molecule has 17 heavy (non-hydrogen) atoms. The lowest BCUT2D eigenvalue weighted by molar-refractivity contribution is -0.121. The van der Waals surface area contributed by atoms with Crippen LogP contribution in [0.4, 0.5) is 0 Å². The first-order chi connectivity index (χ1) is 8.17. The topological polar surface area (TPSA) is 78.9 Å². The Balaban J connectivity index is 2.59. The molecule has 0 fully saturated rings. The van der Waals surface area contributed by atoms with Gasteiger partial charge in [-0.25, -0.2) is 0 Å². The number of carbonyl (C=O) groups excluding carboxylic acids is 1. The fourth-order valence-electron chi connectivity index (χ4n) is 1.62. The minimum atomic E-state index is -0.113. The van der Waals surface area contributed by atoms with Crippen LogP contribution in [0.2, 0.25) is 0 Å². The zero-order valence-corrected chi connectivity index (χ0v) is 9.94.